The molecule has 0 unspecified atom stereocenters. The number of benzene rings is 2. The summed E-state index contributed by atoms with van der Waals surface area (Å²) in [5, 5.41) is 13.4. The van der Waals surface area contributed by atoms with E-state index in [2.05, 4.69) is 5.32 Å². The van der Waals surface area contributed by atoms with E-state index in [-0.39, 0.29) is 5.57 Å². The van der Waals surface area contributed by atoms with E-state index in [0.717, 1.165) is 28.2 Å². The number of nitriles is 1. The summed E-state index contributed by atoms with van der Waals surface area (Å²) in [6, 6.07) is 16.6. The molecular formula is C23H19Cl2N3O. The summed E-state index contributed by atoms with van der Waals surface area (Å²) in [6.07, 6.45) is 1.59. The molecule has 0 radical (unpaired) electrons. The van der Waals surface area contributed by atoms with Crippen molar-refractivity contribution in [2.45, 2.75) is 20.8 Å². The number of aromatic nitrogens is 1. The third-order valence-corrected chi connectivity index (χ3v) is 5.13. The number of nitrogens with zero attached hydrogens (tertiary/aromatic N) is 2. The third kappa shape index (κ3) is 4.54. The van der Waals surface area contributed by atoms with Crippen LogP contribution < -0.4 is 5.32 Å². The lowest BCUT2D eigenvalue weighted by Crippen LogP contribution is -2.13. The Morgan fingerprint density at radius 1 is 1.07 bits per heavy atom. The first-order chi connectivity index (χ1) is 13.8. The molecule has 0 bridgehead atoms. The molecule has 146 valence electrons. The molecule has 29 heavy (non-hydrogen) atoms. The van der Waals surface area contributed by atoms with Crippen molar-refractivity contribution in [2.24, 2.45) is 0 Å². The van der Waals surface area contributed by atoms with Crippen LogP contribution in [0, 0.1) is 32.1 Å². The second kappa shape index (κ2) is 8.57. The Balaban J connectivity index is 1.95. The number of hydrogen-bond acceptors (Lipinski definition) is 2. The monoisotopic (exact) mass is 423 g/mol. The smallest absolute Gasteiger partial charge is 0.266 e. The van der Waals surface area contributed by atoms with Gasteiger partial charge in [-0.25, -0.2) is 0 Å². The van der Waals surface area contributed by atoms with Gasteiger partial charge in [-0.3, -0.25) is 4.79 Å². The summed E-state index contributed by atoms with van der Waals surface area (Å²) in [6.45, 7) is 5.82. The molecule has 0 aliphatic heterocycles. The first kappa shape index (κ1) is 20.7. The number of hydrogen-bond donors (Lipinski definition) is 1. The van der Waals surface area contributed by atoms with Gasteiger partial charge >= 0.3 is 0 Å². The summed E-state index contributed by atoms with van der Waals surface area (Å²) in [5.41, 5.74) is 5.09. The highest BCUT2D eigenvalue weighted by Crippen LogP contribution is 2.29. The van der Waals surface area contributed by atoms with E-state index in [0.29, 0.717) is 15.7 Å². The van der Waals surface area contributed by atoms with Crippen molar-refractivity contribution >= 4 is 40.9 Å². The molecule has 0 saturated carbocycles. The predicted molar refractivity (Wildman–Crippen MR) is 119 cm³/mol. The standard InChI is InChI=1S/C23H19Cl2N3O/c1-14-4-7-20(8-5-14)27-23(29)18(13-26)11-17-10-15(2)28(16(17)3)22-9-6-19(24)12-21(22)25/h4-12H,1-3H3,(H,27,29)/b18-11-. The van der Waals surface area contributed by atoms with Crippen molar-refractivity contribution < 1.29 is 4.79 Å². The second-order valence-electron chi connectivity index (χ2n) is 6.75. The summed E-state index contributed by atoms with van der Waals surface area (Å²) < 4.78 is 1.97. The predicted octanol–water partition coefficient (Wildman–Crippen LogP) is 6.26. The Morgan fingerprint density at radius 3 is 2.38 bits per heavy atom. The van der Waals surface area contributed by atoms with E-state index in [1.807, 2.05) is 55.7 Å². The number of carbonyl (C=O) groups excluding carboxylic acids is 1. The first-order valence-corrected chi connectivity index (χ1v) is 9.70. The highest BCUT2D eigenvalue weighted by Gasteiger charge is 2.15. The summed E-state index contributed by atoms with van der Waals surface area (Å²) in [4.78, 5) is 12.6. The molecule has 6 heteroatoms. The fraction of sp³-hybridized carbons (Fsp3) is 0.130. The van der Waals surface area contributed by atoms with E-state index in [1.54, 1.807) is 30.3 Å². The van der Waals surface area contributed by atoms with E-state index in [9.17, 15) is 10.1 Å². The molecule has 1 N–H and O–H groups in total. The van der Waals surface area contributed by atoms with Crippen LogP contribution in [0.4, 0.5) is 5.69 Å². The second-order valence-corrected chi connectivity index (χ2v) is 7.59. The van der Waals surface area contributed by atoms with Crippen LogP contribution in [0.3, 0.4) is 0 Å². The minimum atomic E-state index is -0.453. The number of nitrogens with one attached hydrogen (secondary N) is 1. The molecule has 1 heterocycles. The molecule has 2 aromatic carbocycles. The Kier molecular flexibility index (Phi) is 6.12. The Hall–Kier alpha value is -3.00. The van der Waals surface area contributed by atoms with Crippen molar-refractivity contribution in [2.75, 3.05) is 5.32 Å². The average Bonchev–Trinajstić information content (AvgIpc) is 2.95. The molecule has 1 aromatic heterocycles. The summed E-state index contributed by atoms with van der Waals surface area (Å²) >= 11 is 12.4. The van der Waals surface area contributed by atoms with Gasteiger partial charge < -0.3 is 9.88 Å². The first-order valence-electron chi connectivity index (χ1n) is 8.94. The number of carbonyl (C=O) groups is 1. The zero-order valence-electron chi connectivity index (χ0n) is 16.3. The molecule has 0 aliphatic rings. The molecule has 0 aliphatic carbocycles. The van der Waals surface area contributed by atoms with Gasteiger partial charge in [0.25, 0.3) is 5.91 Å². The molecule has 0 atom stereocenters. The van der Waals surface area contributed by atoms with Crippen LogP contribution in [-0.2, 0) is 4.79 Å². The lowest BCUT2D eigenvalue weighted by molar-refractivity contribution is -0.112. The van der Waals surface area contributed by atoms with Crippen LogP contribution in [0.15, 0.2) is 54.1 Å². The quantitative estimate of drug-likeness (QED) is 0.397. The van der Waals surface area contributed by atoms with Gasteiger partial charge in [0.1, 0.15) is 11.6 Å². The Morgan fingerprint density at radius 2 is 1.76 bits per heavy atom. The van der Waals surface area contributed by atoms with Gasteiger partial charge in [-0.1, -0.05) is 40.9 Å². The van der Waals surface area contributed by atoms with Gasteiger partial charge in [0.15, 0.2) is 0 Å². The van der Waals surface area contributed by atoms with Gasteiger partial charge in [-0.15, -0.1) is 0 Å². The highest BCUT2D eigenvalue weighted by atomic mass is 35.5. The van der Waals surface area contributed by atoms with Gasteiger partial charge in [-0.05, 0) is 68.8 Å². The SMILES string of the molecule is Cc1ccc(NC(=O)/C(C#N)=C\c2cc(C)n(-c3ccc(Cl)cc3Cl)c2C)cc1. The highest BCUT2D eigenvalue weighted by molar-refractivity contribution is 6.35. The van der Waals surface area contributed by atoms with Crippen LogP contribution in [-0.4, -0.2) is 10.5 Å². The number of rotatable bonds is 4. The minimum Gasteiger partial charge on any atom is -0.321 e. The minimum absolute atomic E-state index is 0.0213. The van der Waals surface area contributed by atoms with Crippen molar-refractivity contribution in [3.05, 3.63) is 86.7 Å². The normalized spacial score (nSPS) is 11.2. The molecule has 0 spiro atoms. The Bertz CT molecular complexity index is 1150. The fourth-order valence-electron chi connectivity index (χ4n) is 3.11. The summed E-state index contributed by atoms with van der Waals surface area (Å²) in [5.74, 6) is -0.453. The van der Waals surface area contributed by atoms with Crippen LogP contribution in [0.5, 0.6) is 0 Å². The van der Waals surface area contributed by atoms with Crippen molar-refractivity contribution in [3.63, 3.8) is 0 Å². The van der Waals surface area contributed by atoms with Crippen molar-refractivity contribution in [1.29, 1.82) is 5.26 Å². The maximum absolute atomic E-state index is 12.6. The maximum Gasteiger partial charge on any atom is 0.266 e. The van der Waals surface area contributed by atoms with Crippen LogP contribution >= 0.6 is 23.2 Å². The molecule has 3 rings (SSSR count). The van der Waals surface area contributed by atoms with Gasteiger partial charge in [-0.2, -0.15) is 5.26 Å². The molecule has 0 fully saturated rings. The van der Waals surface area contributed by atoms with E-state index in [4.69, 9.17) is 23.2 Å². The fourth-order valence-corrected chi connectivity index (χ4v) is 3.60. The molecule has 1 amide bonds. The van der Waals surface area contributed by atoms with Gasteiger partial charge in [0, 0.05) is 22.1 Å². The molecule has 3 aromatic rings. The van der Waals surface area contributed by atoms with E-state index in [1.165, 1.54) is 0 Å². The number of amides is 1. The number of anilines is 1. The zero-order chi connectivity index (χ0) is 21.1. The number of aryl methyl sites for hydroxylation is 2. The zero-order valence-corrected chi connectivity index (χ0v) is 17.8. The lowest BCUT2D eigenvalue weighted by atomic mass is 10.1. The van der Waals surface area contributed by atoms with Crippen LogP contribution in [0.2, 0.25) is 10.0 Å². The molecule has 0 saturated heterocycles. The van der Waals surface area contributed by atoms with E-state index >= 15 is 0 Å². The lowest BCUT2D eigenvalue weighted by Gasteiger charge is -2.12. The summed E-state index contributed by atoms with van der Waals surface area (Å²) in [7, 11) is 0. The third-order valence-electron chi connectivity index (χ3n) is 4.60. The number of halogens is 2. The molecular weight excluding hydrogens is 405 g/mol. The molecule has 4 nitrogen and oxygen atoms in total. The average molecular weight is 424 g/mol. The Labute approximate surface area is 180 Å². The maximum atomic E-state index is 12.6. The van der Waals surface area contributed by atoms with E-state index < -0.39 is 5.91 Å². The topological polar surface area (TPSA) is 57.8 Å². The largest absolute Gasteiger partial charge is 0.321 e. The van der Waals surface area contributed by atoms with Crippen molar-refractivity contribution in [1.82, 2.24) is 4.57 Å². The van der Waals surface area contributed by atoms with Crippen LogP contribution in [0.1, 0.15) is 22.5 Å². The van der Waals surface area contributed by atoms with Gasteiger partial charge in [0.2, 0.25) is 0 Å². The van der Waals surface area contributed by atoms with Crippen molar-refractivity contribution in [3.8, 4) is 11.8 Å². The van der Waals surface area contributed by atoms with Crippen LogP contribution in [0.25, 0.3) is 11.8 Å². The van der Waals surface area contributed by atoms with Gasteiger partial charge in [0.05, 0.1) is 10.7 Å².